The molecule has 1 saturated heterocycles. The molecule has 7 aromatic rings. The van der Waals surface area contributed by atoms with Gasteiger partial charge in [-0.05, 0) is 84.9 Å². The van der Waals surface area contributed by atoms with Crippen LogP contribution in [0.25, 0.3) is 0 Å². The van der Waals surface area contributed by atoms with Crippen molar-refractivity contribution in [1.29, 1.82) is 0 Å². The molecule has 0 amide bonds. The summed E-state index contributed by atoms with van der Waals surface area (Å²) in [4.78, 5) is 126. The van der Waals surface area contributed by atoms with E-state index in [1.54, 1.807) is 0 Å². The standard InChI is InChI=1S/C66H50O36/c1-6-23(3)57(83)94-42-18-27(12-37(72)50(42)79)59(85)93-22-46-54(99-62(88)28-13-36(71)49(78)41(17-28)92-5)55(100-63(89)29-14-38(73)51(80)43(19-29)95-58(84)24(4)7-2)56(101-64(90)30-15-39(74)52(81)44(20-30)96-60(86)25-8-32(67)47(76)33(68)9-25)66(98-46)102-65(91)31-16-40(75)53(82)45(21-31)97-61(87)26-10-34(69)48(77)35(70)11-26/h6-21,46,54-56,66-82H,1-4,22H2,5H3/t46-,54-,55+,56-,66+/m1/s1. The van der Waals surface area contributed by atoms with Crippen molar-refractivity contribution >= 4 is 53.7 Å². The summed E-state index contributed by atoms with van der Waals surface area (Å²) in [6, 6.07) is 7.42. The number of esters is 9. The van der Waals surface area contributed by atoms with Crippen molar-refractivity contribution in [2.24, 2.45) is 0 Å². The average molecular weight is 1420 g/mol. The monoisotopic (exact) mass is 1420 g/mol. The minimum Gasteiger partial charge on any atom is -0.504 e. The van der Waals surface area contributed by atoms with E-state index in [-0.39, 0.29) is 0 Å². The maximum absolute atomic E-state index is 14.9. The molecular weight excluding hydrogens is 1370 g/mol. The summed E-state index contributed by atoms with van der Waals surface area (Å²) >= 11 is 0. The second-order valence-corrected chi connectivity index (χ2v) is 20.8. The minimum absolute atomic E-state index is 0.401. The van der Waals surface area contributed by atoms with Gasteiger partial charge in [-0.2, -0.15) is 0 Å². The number of ether oxygens (including phenoxy) is 11. The number of benzene rings is 7. The van der Waals surface area contributed by atoms with Crippen LogP contribution in [0.3, 0.4) is 0 Å². The molecule has 0 saturated carbocycles. The van der Waals surface area contributed by atoms with Gasteiger partial charge in [0.2, 0.25) is 41.1 Å². The van der Waals surface area contributed by atoms with Crippen molar-refractivity contribution < 1.29 is 177 Å². The highest BCUT2D eigenvalue weighted by molar-refractivity contribution is 5.99. The van der Waals surface area contributed by atoms with Gasteiger partial charge in [0.05, 0.1) is 57.2 Å². The molecule has 102 heavy (non-hydrogen) atoms. The van der Waals surface area contributed by atoms with Crippen LogP contribution in [0.2, 0.25) is 0 Å². The van der Waals surface area contributed by atoms with Gasteiger partial charge in [-0.25, -0.2) is 43.2 Å². The van der Waals surface area contributed by atoms with Gasteiger partial charge in [0, 0.05) is 0 Å². The first-order chi connectivity index (χ1) is 48.0. The lowest BCUT2D eigenvalue weighted by atomic mass is 9.97. The predicted octanol–water partition coefficient (Wildman–Crippen LogP) is 5.13. The fourth-order valence-corrected chi connectivity index (χ4v) is 8.78. The summed E-state index contributed by atoms with van der Waals surface area (Å²) in [5.41, 5.74) is -7.07. The molecule has 530 valence electrons. The molecule has 1 fully saturated rings. The van der Waals surface area contributed by atoms with Crippen molar-refractivity contribution in [3.05, 3.63) is 173 Å². The van der Waals surface area contributed by atoms with E-state index in [0.29, 0.717) is 78.9 Å². The van der Waals surface area contributed by atoms with E-state index in [1.807, 2.05) is 0 Å². The zero-order valence-electron chi connectivity index (χ0n) is 51.5. The van der Waals surface area contributed by atoms with Gasteiger partial charge in [0.15, 0.2) is 104 Å². The molecule has 1 aliphatic rings. The Morgan fingerprint density at radius 2 is 0.608 bits per heavy atom. The van der Waals surface area contributed by atoms with Crippen molar-refractivity contribution in [3.63, 3.8) is 0 Å². The number of phenolic OH excluding ortho intramolecular Hbond substituents is 16. The van der Waals surface area contributed by atoms with Gasteiger partial charge >= 0.3 is 53.7 Å². The van der Waals surface area contributed by atoms with Crippen LogP contribution < -0.4 is 23.7 Å². The molecule has 0 bridgehead atoms. The molecule has 5 atom stereocenters. The molecule has 0 unspecified atom stereocenters. The fourth-order valence-electron chi connectivity index (χ4n) is 8.78. The topological polar surface area (TPSA) is 579 Å². The van der Waals surface area contributed by atoms with Crippen molar-refractivity contribution in [2.75, 3.05) is 13.7 Å². The second-order valence-electron chi connectivity index (χ2n) is 20.8. The van der Waals surface area contributed by atoms with Crippen molar-refractivity contribution in [2.45, 2.75) is 30.7 Å². The van der Waals surface area contributed by atoms with Crippen LogP contribution in [0.15, 0.2) is 135 Å². The first-order valence-electron chi connectivity index (χ1n) is 28.1. The normalized spacial score (nSPS) is 15.2. The maximum atomic E-state index is 14.9. The highest BCUT2D eigenvalue weighted by atomic mass is 16.7. The lowest BCUT2D eigenvalue weighted by molar-refractivity contribution is -0.282. The van der Waals surface area contributed by atoms with Crippen molar-refractivity contribution in [3.8, 4) is 121 Å². The second kappa shape index (κ2) is 29.7. The molecule has 36 heteroatoms. The van der Waals surface area contributed by atoms with Gasteiger partial charge in [-0.15, -0.1) is 0 Å². The third kappa shape index (κ3) is 15.7. The highest BCUT2D eigenvalue weighted by Crippen LogP contribution is 2.45. The lowest BCUT2D eigenvalue weighted by Gasteiger charge is -2.43. The first kappa shape index (κ1) is 73.1. The van der Waals surface area contributed by atoms with Gasteiger partial charge in [-0.1, -0.05) is 38.5 Å². The van der Waals surface area contributed by atoms with E-state index >= 15 is 0 Å². The van der Waals surface area contributed by atoms with Gasteiger partial charge < -0.3 is 134 Å². The van der Waals surface area contributed by atoms with E-state index in [4.69, 9.17) is 52.1 Å². The predicted molar refractivity (Wildman–Crippen MR) is 330 cm³/mol. The molecule has 0 aromatic heterocycles. The van der Waals surface area contributed by atoms with Crippen LogP contribution in [0.1, 0.15) is 72.5 Å². The van der Waals surface area contributed by atoms with E-state index in [1.165, 1.54) is 0 Å². The zero-order chi connectivity index (χ0) is 75.2. The van der Waals surface area contributed by atoms with Crippen LogP contribution in [0.4, 0.5) is 0 Å². The first-order valence-corrected chi connectivity index (χ1v) is 28.1. The van der Waals surface area contributed by atoms with Gasteiger partial charge in [-0.3, -0.25) is 0 Å². The van der Waals surface area contributed by atoms with E-state index in [2.05, 4.69) is 26.3 Å². The smallest absolute Gasteiger partial charge is 0.343 e. The average Bonchev–Trinajstić information content (AvgIpc) is 0.771. The number of methoxy groups -OCH3 is 1. The molecule has 16 N–H and O–H groups in total. The summed E-state index contributed by atoms with van der Waals surface area (Å²) in [6.45, 7) is 12.0. The summed E-state index contributed by atoms with van der Waals surface area (Å²) in [5, 5.41) is 168. The number of carbonyl (C=O) groups is 9. The van der Waals surface area contributed by atoms with Crippen LogP contribution in [-0.4, -0.2) is 180 Å². The molecule has 8 rings (SSSR count). The summed E-state index contributed by atoms with van der Waals surface area (Å²) < 4.78 is 60.2. The number of hydrogen-bond donors (Lipinski definition) is 16. The van der Waals surface area contributed by atoms with Crippen LogP contribution in [0, 0.1) is 0 Å². The molecule has 1 heterocycles. The summed E-state index contributed by atoms with van der Waals surface area (Å²) in [7, 11) is 0.957. The van der Waals surface area contributed by atoms with Crippen LogP contribution in [-0.2, 0) is 38.0 Å². The fraction of sp³-hybridized carbons (Fsp3) is 0.106. The quantitative estimate of drug-likeness (QED) is 0.0104. The highest BCUT2D eigenvalue weighted by Gasteiger charge is 2.55. The summed E-state index contributed by atoms with van der Waals surface area (Å²) in [6.07, 6.45) is -11.9. The number of hydrogen-bond acceptors (Lipinski definition) is 36. The molecular formula is C66H50O36. The van der Waals surface area contributed by atoms with E-state index in [0.717, 1.165) is 25.3 Å². The Morgan fingerprint density at radius 3 is 0.941 bits per heavy atom. The molecule has 36 nitrogen and oxygen atoms in total. The molecule has 7 aromatic carbocycles. The van der Waals surface area contributed by atoms with Crippen LogP contribution in [0.5, 0.6) is 121 Å². The molecule has 0 aliphatic carbocycles. The third-order valence-electron chi connectivity index (χ3n) is 14.0. The Hall–Kier alpha value is -14.7. The van der Waals surface area contributed by atoms with Crippen LogP contribution >= 0.6 is 0 Å². The van der Waals surface area contributed by atoms with E-state index in [9.17, 15) is 125 Å². The number of rotatable bonds is 22. The molecule has 0 radical (unpaired) electrons. The Kier molecular flexibility index (Phi) is 21.3. The number of aromatic hydroxyl groups is 16. The molecule has 1 aliphatic heterocycles. The Labute approximate surface area is 567 Å². The zero-order valence-corrected chi connectivity index (χ0v) is 51.5. The molecule has 0 spiro atoms. The lowest BCUT2D eigenvalue weighted by Crippen LogP contribution is -2.63. The Balaban J connectivity index is 1.33. The summed E-state index contributed by atoms with van der Waals surface area (Å²) in [5.74, 6) is -38.3. The minimum atomic E-state index is -2.89. The Bertz CT molecular complexity index is 4670. The van der Waals surface area contributed by atoms with E-state index < -0.39 is 262 Å². The third-order valence-corrected chi connectivity index (χ3v) is 14.0. The number of phenols is 16. The number of carbonyl (C=O) groups excluding carboxylic acids is 9. The Morgan fingerprint density at radius 1 is 0.343 bits per heavy atom. The van der Waals surface area contributed by atoms with Gasteiger partial charge in [0.1, 0.15) is 12.7 Å². The van der Waals surface area contributed by atoms with Crippen molar-refractivity contribution in [1.82, 2.24) is 0 Å². The van der Waals surface area contributed by atoms with Gasteiger partial charge in [0.25, 0.3) is 0 Å². The largest absolute Gasteiger partial charge is 0.504 e. The maximum Gasteiger partial charge on any atom is 0.343 e. The SMILES string of the molecule is C=CC(=C)C(=O)Oc1cc(C(=O)OC[C@H]2O[C@@H](OC(=O)c3cc(O)c(O)c(OC(=O)c4cc(O)c(O)c(O)c4)c3)[C@H](OC(=O)c3cc(O)c(O)c(OC(=O)c4cc(O)c(O)c(O)c4)c3)[C@@H](OC(=O)c3cc(O)c(O)c(OC(=O)C(=C)C=C)c3)[C@@H]2OC(=O)c2cc(O)c(O)c(OC)c2)cc(O)c1O.